The van der Waals surface area contributed by atoms with Crippen LogP contribution in [0.5, 0.6) is 11.5 Å². The molecule has 1 amide bonds. The van der Waals surface area contributed by atoms with E-state index in [-0.39, 0.29) is 11.3 Å². The molecule has 0 aliphatic carbocycles. The predicted octanol–water partition coefficient (Wildman–Crippen LogP) is 5.24. The van der Waals surface area contributed by atoms with Gasteiger partial charge >= 0.3 is 0 Å². The zero-order chi connectivity index (χ0) is 28.3. The second kappa shape index (κ2) is 11.5. The van der Waals surface area contributed by atoms with E-state index in [1.54, 1.807) is 18.2 Å². The van der Waals surface area contributed by atoms with Crippen molar-refractivity contribution in [2.75, 3.05) is 56.1 Å². The minimum Gasteiger partial charge on any atom is -0.507 e. The van der Waals surface area contributed by atoms with E-state index in [4.69, 9.17) is 9.47 Å². The van der Waals surface area contributed by atoms with Crippen molar-refractivity contribution in [3.05, 3.63) is 83.4 Å². The Balaban J connectivity index is 1.90. The number of aliphatic hydroxyl groups excluding tert-OH is 1. The van der Waals surface area contributed by atoms with E-state index in [2.05, 4.69) is 18.7 Å². The van der Waals surface area contributed by atoms with E-state index in [1.165, 1.54) is 19.1 Å². The molecule has 4 rings (SSSR count). The summed E-state index contributed by atoms with van der Waals surface area (Å²) in [6.45, 7) is 5.87. The van der Waals surface area contributed by atoms with Crippen LogP contribution in [0.1, 0.15) is 31.0 Å². The van der Waals surface area contributed by atoms with Crippen LogP contribution in [0.15, 0.2) is 72.3 Å². The van der Waals surface area contributed by atoms with Crippen LogP contribution >= 0.6 is 0 Å². The van der Waals surface area contributed by atoms with Crippen molar-refractivity contribution in [1.82, 2.24) is 0 Å². The Bertz CT molecular complexity index is 1380. The van der Waals surface area contributed by atoms with Gasteiger partial charge in [0.05, 0.1) is 31.4 Å². The van der Waals surface area contributed by atoms with Gasteiger partial charge < -0.3 is 24.4 Å². The first kappa shape index (κ1) is 27.6. The third kappa shape index (κ3) is 5.14. The molecule has 0 aromatic heterocycles. The molecule has 8 nitrogen and oxygen atoms in total. The molecule has 1 fully saturated rings. The lowest BCUT2D eigenvalue weighted by Crippen LogP contribution is -2.29. The molecule has 0 radical (unpaired) electrons. The van der Waals surface area contributed by atoms with Gasteiger partial charge in [-0.05, 0) is 67.9 Å². The Morgan fingerprint density at radius 2 is 1.49 bits per heavy atom. The average molecular weight is 530 g/mol. The molecule has 1 unspecified atom stereocenters. The van der Waals surface area contributed by atoms with Crippen molar-refractivity contribution < 1.29 is 24.2 Å². The summed E-state index contributed by atoms with van der Waals surface area (Å²) >= 11 is 0. The maximum atomic E-state index is 13.6. The highest BCUT2D eigenvalue weighted by Gasteiger charge is 2.47. The van der Waals surface area contributed by atoms with Gasteiger partial charge in [0.2, 0.25) is 0 Å². The molecule has 39 heavy (non-hydrogen) atoms. The van der Waals surface area contributed by atoms with Gasteiger partial charge in [0.25, 0.3) is 11.7 Å². The molecule has 0 saturated carbocycles. The Morgan fingerprint density at radius 1 is 0.872 bits per heavy atom. The normalized spacial score (nSPS) is 16.4. The number of rotatable bonds is 9. The number of hydrogen-bond donors (Lipinski definition) is 1. The highest BCUT2D eigenvalue weighted by atomic mass is 16.5. The van der Waals surface area contributed by atoms with Gasteiger partial charge in [0, 0.05) is 50.3 Å². The maximum Gasteiger partial charge on any atom is 0.300 e. The lowest BCUT2D eigenvalue weighted by atomic mass is 9.94. The molecule has 0 bridgehead atoms. The van der Waals surface area contributed by atoms with Gasteiger partial charge in [-0.2, -0.15) is 0 Å². The molecule has 204 valence electrons. The van der Waals surface area contributed by atoms with Crippen LogP contribution in [0, 0.1) is 0 Å². The molecular weight excluding hydrogens is 494 g/mol. The number of benzene rings is 3. The lowest BCUT2D eigenvalue weighted by Gasteiger charge is -2.27. The topological polar surface area (TPSA) is 82.6 Å². The van der Waals surface area contributed by atoms with Gasteiger partial charge in [-0.25, -0.2) is 0 Å². The van der Waals surface area contributed by atoms with Crippen LogP contribution in [-0.4, -0.2) is 58.2 Å². The Kier molecular flexibility index (Phi) is 8.14. The largest absolute Gasteiger partial charge is 0.507 e. The fourth-order valence-corrected chi connectivity index (χ4v) is 4.92. The Hall–Kier alpha value is -4.46. The first-order chi connectivity index (χ1) is 18.7. The third-order valence-electron chi connectivity index (χ3n) is 7.09. The monoisotopic (exact) mass is 529 g/mol. The second-order valence-electron chi connectivity index (χ2n) is 9.41. The van der Waals surface area contributed by atoms with Crippen LogP contribution < -0.4 is 24.2 Å². The number of carbonyl (C=O) groups is 2. The molecule has 3 aromatic rings. The van der Waals surface area contributed by atoms with Crippen molar-refractivity contribution >= 4 is 34.5 Å². The number of hydrogen-bond acceptors (Lipinski definition) is 7. The number of carbonyl (C=O) groups excluding carboxylic acids is 2. The molecule has 8 heteroatoms. The van der Waals surface area contributed by atoms with E-state index < -0.39 is 17.7 Å². The van der Waals surface area contributed by atoms with Crippen molar-refractivity contribution in [3.63, 3.8) is 0 Å². The summed E-state index contributed by atoms with van der Waals surface area (Å²) in [5.41, 5.74) is 3.54. The first-order valence-corrected chi connectivity index (χ1v) is 12.9. The Labute approximate surface area is 229 Å². The molecule has 1 heterocycles. The molecule has 3 aromatic carbocycles. The van der Waals surface area contributed by atoms with Gasteiger partial charge in [-0.3, -0.25) is 14.5 Å². The van der Waals surface area contributed by atoms with Crippen molar-refractivity contribution in [2.45, 2.75) is 19.9 Å². The maximum absolute atomic E-state index is 13.6. The number of aliphatic hydroxyl groups is 1. The smallest absolute Gasteiger partial charge is 0.300 e. The van der Waals surface area contributed by atoms with Crippen molar-refractivity contribution in [1.29, 1.82) is 0 Å². The fourth-order valence-electron chi connectivity index (χ4n) is 4.92. The van der Waals surface area contributed by atoms with E-state index in [1.807, 2.05) is 67.5 Å². The summed E-state index contributed by atoms with van der Waals surface area (Å²) in [6.07, 6.45) is 0. The number of amides is 1. The quantitative estimate of drug-likeness (QED) is 0.231. The van der Waals surface area contributed by atoms with E-state index in [0.29, 0.717) is 28.3 Å². The molecule has 1 saturated heterocycles. The van der Waals surface area contributed by atoms with Gasteiger partial charge in [0.1, 0.15) is 17.3 Å². The standard InChI is InChI=1S/C31H35N3O5/c1-7-33(8-2)22-13-15-23(16-14-22)34-28(20-9-11-21(12-10-20)32(3)4)27(30(36)31(34)37)29(35)25-18-17-24(38-5)19-26(25)39-6/h9-19,28,35H,7-8H2,1-6H3/b29-27-. The fraction of sp³-hybridized carbons (Fsp3) is 0.290. The van der Waals surface area contributed by atoms with Crippen LogP contribution in [0.2, 0.25) is 0 Å². The first-order valence-electron chi connectivity index (χ1n) is 12.9. The lowest BCUT2D eigenvalue weighted by molar-refractivity contribution is -0.132. The highest BCUT2D eigenvalue weighted by molar-refractivity contribution is 6.51. The minimum absolute atomic E-state index is 0.00566. The Morgan fingerprint density at radius 3 is 2.03 bits per heavy atom. The van der Waals surface area contributed by atoms with Gasteiger partial charge in [-0.15, -0.1) is 0 Å². The van der Waals surface area contributed by atoms with Crippen molar-refractivity contribution in [3.8, 4) is 11.5 Å². The van der Waals surface area contributed by atoms with Crippen LogP contribution in [0.4, 0.5) is 17.1 Å². The minimum atomic E-state index is -0.840. The number of nitrogens with zero attached hydrogens (tertiary/aromatic N) is 3. The molecule has 1 aliphatic rings. The summed E-state index contributed by atoms with van der Waals surface area (Å²) in [4.78, 5) is 32.7. The van der Waals surface area contributed by atoms with Crippen LogP contribution in [-0.2, 0) is 9.59 Å². The number of methoxy groups -OCH3 is 2. The second-order valence-corrected chi connectivity index (χ2v) is 9.41. The number of ketones is 1. The molecule has 1 aliphatic heterocycles. The average Bonchev–Trinajstić information content (AvgIpc) is 3.23. The SMILES string of the molecule is CCN(CC)c1ccc(N2C(=O)C(=O)/C(=C(\O)c3ccc(OC)cc3OC)C2c2ccc(N(C)C)cc2)cc1. The van der Waals surface area contributed by atoms with Crippen LogP contribution in [0.25, 0.3) is 5.76 Å². The van der Waals surface area contributed by atoms with E-state index in [9.17, 15) is 14.7 Å². The number of Topliss-reactive ketones (excluding diaryl/α,β-unsaturated/α-hetero) is 1. The zero-order valence-corrected chi connectivity index (χ0v) is 23.3. The zero-order valence-electron chi connectivity index (χ0n) is 23.3. The van der Waals surface area contributed by atoms with Gasteiger partial charge in [0.15, 0.2) is 0 Å². The number of anilines is 3. The van der Waals surface area contributed by atoms with Gasteiger partial charge in [-0.1, -0.05) is 12.1 Å². The van der Waals surface area contributed by atoms with E-state index in [0.717, 1.165) is 24.5 Å². The van der Waals surface area contributed by atoms with E-state index >= 15 is 0 Å². The summed E-state index contributed by atoms with van der Waals surface area (Å²) in [6, 6.07) is 19.2. The molecule has 0 spiro atoms. The third-order valence-corrected chi connectivity index (χ3v) is 7.09. The predicted molar refractivity (Wildman–Crippen MR) is 155 cm³/mol. The molecule has 1 N–H and O–H groups in total. The highest BCUT2D eigenvalue weighted by Crippen LogP contribution is 2.44. The van der Waals surface area contributed by atoms with Crippen LogP contribution in [0.3, 0.4) is 0 Å². The summed E-state index contributed by atoms with van der Waals surface area (Å²) in [5.74, 6) is -0.922. The number of ether oxygens (including phenoxy) is 2. The summed E-state index contributed by atoms with van der Waals surface area (Å²) in [5, 5.41) is 11.5. The molecular formula is C31H35N3O5. The summed E-state index contributed by atoms with van der Waals surface area (Å²) < 4.78 is 10.8. The van der Waals surface area contributed by atoms with Crippen molar-refractivity contribution in [2.24, 2.45) is 0 Å². The molecule has 1 atom stereocenters. The summed E-state index contributed by atoms with van der Waals surface area (Å²) in [7, 11) is 6.88.